The van der Waals surface area contributed by atoms with Crippen LogP contribution >= 0.6 is 0 Å². The molecule has 0 spiro atoms. The number of imidazole rings is 1. The van der Waals surface area contributed by atoms with Crippen LogP contribution in [0.1, 0.15) is 49.9 Å². The number of halogens is 1. The number of sulfonamides is 1. The lowest BCUT2D eigenvalue weighted by Crippen LogP contribution is -2.33. The van der Waals surface area contributed by atoms with Gasteiger partial charge in [-0.05, 0) is 36.2 Å². The van der Waals surface area contributed by atoms with Crippen LogP contribution in [0.5, 0.6) is 0 Å². The number of amides is 1. The molecule has 0 aliphatic rings. The summed E-state index contributed by atoms with van der Waals surface area (Å²) in [5.41, 5.74) is 1.70. The van der Waals surface area contributed by atoms with Gasteiger partial charge in [0.05, 0.1) is 17.1 Å². The van der Waals surface area contributed by atoms with Crippen molar-refractivity contribution in [3.8, 4) is 0 Å². The average Bonchev–Trinajstić information content (AvgIpc) is 3.16. The largest absolute Gasteiger partial charge is 0.342 e. The normalized spacial score (nSPS) is 13.1. The van der Waals surface area contributed by atoms with Gasteiger partial charge in [0, 0.05) is 18.7 Å². The Morgan fingerprint density at radius 1 is 1.16 bits per heavy atom. The fraction of sp³-hybridized carbons (Fsp3) is 0.364. The Balaban J connectivity index is 1.93. The minimum Gasteiger partial charge on any atom is -0.342 e. The van der Waals surface area contributed by atoms with Crippen LogP contribution in [0.15, 0.2) is 47.4 Å². The van der Waals surface area contributed by atoms with E-state index in [1.807, 2.05) is 38.1 Å². The third kappa shape index (κ3) is 4.62. The predicted octanol–water partition coefficient (Wildman–Crippen LogP) is 3.86. The van der Waals surface area contributed by atoms with E-state index < -0.39 is 32.7 Å². The number of aromatic amines is 1. The van der Waals surface area contributed by atoms with Gasteiger partial charge in [0.2, 0.25) is 10.0 Å². The summed E-state index contributed by atoms with van der Waals surface area (Å²) in [6.45, 7) is 7.65. The van der Waals surface area contributed by atoms with E-state index in [0.717, 1.165) is 27.5 Å². The SMILES string of the molecule is CCN(CC)S(=O)(=O)c1cc(C(=O)NC(c2nc3ccccc3[nH]2)C(C)C)ccc1F. The van der Waals surface area contributed by atoms with E-state index in [1.165, 1.54) is 6.07 Å². The zero-order chi connectivity index (χ0) is 22.8. The summed E-state index contributed by atoms with van der Waals surface area (Å²) in [7, 11) is -4.04. The molecule has 2 aromatic carbocycles. The Morgan fingerprint density at radius 2 is 1.84 bits per heavy atom. The van der Waals surface area contributed by atoms with Gasteiger partial charge in [-0.1, -0.05) is 39.8 Å². The molecule has 1 aromatic heterocycles. The second-order valence-corrected chi connectivity index (χ2v) is 9.48. The molecule has 7 nitrogen and oxygen atoms in total. The first-order valence-electron chi connectivity index (χ1n) is 10.2. The molecule has 3 rings (SSSR count). The van der Waals surface area contributed by atoms with E-state index >= 15 is 0 Å². The molecule has 1 amide bonds. The van der Waals surface area contributed by atoms with Gasteiger partial charge in [0.1, 0.15) is 16.5 Å². The number of carbonyl (C=O) groups is 1. The fourth-order valence-corrected chi connectivity index (χ4v) is 4.99. The smallest absolute Gasteiger partial charge is 0.251 e. The molecule has 9 heteroatoms. The van der Waals surface area contributed by atoms with Crippen molar-refractivity contribution >= 4 is 27.0 Å². The van der Waals surface area contributed by atoms with Gasteiger partial charge in [0.25, 0.3) is 5.91 Å². The maximum absolute atomic E-state index is 14.4. The predicted molar refractivity (Wildman–Crippen MR) is 118 cm³/mol. The highest BCUT2D eigenvalue weighted by atomic mass is 32.2. The summed E-state index contributed by atoms with van der Waals surface area (Å²) >= 11 is 0. The molecule has 1 heterocycles. The number of H-pyrrole nitrogens is 1. The van der Waals surface area contributed by atoms with E-state index in [-0.39, 0.29) is 24.6 Å². The van der Waals surface area contributed by atoms with Crippen molar-refractivity contribution in [2.75, 3.05) is 13.1 Å². The molecular weight excluding hydrogens is 419 g/mol. The summed E-state index contributed by atoms with van der Waals surface area (Å²) in [4.78, 5) is 20.2. The molecule has 0 saturated carbocycles. The van der Waals surface area contributed by atoms with Gasteiger partial charge in [-0.25, -0.2) is 17.8 Å². The van der Waals surface area contributed by atoms with E-state index in [4.69, 9.17) is 0 Å². The Kier molecular flexibility index (Phi) is 6.76. The first kappa shape index (κ1) is 22.9. The fourth-order valence-electron chi connectivity index (χ4n) is 3.44. The number of nitrogens with zero attached hydrogens (tertiary/aromatic N) is 2. The van der Waals surface area contributed by atoms with Crippen LogP contribution in [0.3, 0.4) is 0 Å². The van der Waals surface area contributed by atoms with Crippen LogP contribution in [0.4, 0.5) is 4.39 Å². The standard InChI is InChI=1S/C22H27FN4O3S/c1-5-27(6-2)31(29,30)19-13-15(11-12-16(19)23)22(28)26-20(14(3)4)21-24-17-9-7-8-10-18(17)25-21/h7-14,20H,5-6H2,1-4H3,(H,24,25)(H,26,28). The Hall–Kier alpha value is -2.78. The zero-order valence-corrected chi connectivity index (χ0v) is 18.8. The molecule has 0 bridgehead atoms. The highest BCUT2D eigenvalue weighted by Crippen LogP contribution is 2.24. The molecule has 0 fully saturated rings. The van der Waals surface area contributed by atoms with Gasteiger partial charge >= 0.3 is 0 Å². The third-order valence-electron chi connectivity index (χ3n) is 5.17. The number of benzene rings is 2. The molecule has 0 saturated heterocycles. The van der Waals surface area contributed by atoms with Crippen molar-refractivity contribution in [2.24, 2.45) is 5.92 Å². The Bertz CT molecular complexity index is 1150. The molecular formula is C22H27FN4O3S. The molecule has 1 unspecified atom stereocenters. The van der Waals surface area contributed by atoms with E-state index in [2.05, 4.69) is 15.3 Å². The van der Waals surface area contributed by atoms with Crippen molar-refractivity contribution in [1.29, 1.82) is 0 Å². The maximum Gasteiger partial charge on any atom is 0.251 e. The summed E-state index contributed by atoms with van der Waals surface area (Å²) in [5.74, 6) is -0.789. The minimum absolute atomic E-state index is 0.00355. The van der Waals surface area contributed by atoms with Crippen LogP contribution in [0, 0.1) is 11.7 Å². The molecule has 0 aliphatic heterocycles. The number of rotatable bonds is 8. The third-order valence-corrected chi connectivity index (χ3v) is 7.24. The highest BCUT2D eigenvalue weighted by molar-refractivity contribution is 7.89. The monoisotopic (exact) mass is 446 g/mol. The minimum atomic E-state index is -4.04. The number of aromatic nitrogens is 2. The summed E-state index contributed by atoms with van der Waals surface area (Å²) in [6, 6.07) is 10.5. The highest BCUT2D eigenvalue weighted by Gasteiger charge is 2.28. The zero-order valence-electron chi connectivity index (χ0n) is 18.0. The number of para-hydroxylation sites is 2. The van der Waals surface area contributed by atoms with Crippen molar-refractivity contribution < 1.29 is 17.6 Å². The topological polar surface area (TPSA) is 95.2 Å². The van der Waals surface area contributed by atoms with Crippen LogP contribution in [-0.2, 0) is 10.0 Å². The number of hydrogen-bond acceptors (Lipinski definition) is 4. The van der Waals surface area contributed by atoms with Crippen molar-refractivity contribution in [2.45, 2.75) is 38.6 Å². The van der Waals surface area contributed by atoms with Crippen LogP contribution in [0.25, 0.3) is 11.0 Å². The number of nitrogens with one attached hydrogen (secondary N) is 2. The first-order chi connectivity index (χ1) is 14.7. The van der Waals surface area contributed by atoms with Crippen molar-refractivity contribution in [3.05, 3.63) is 59.7 Å². The molecule has 1 atom stereocenters. The van der Waals surface area contributed by atoms with Crippen LogP contribution < -0.4 is 5.32 Å². The number of hydrogen-bond donors (Lipinski definition) is 2. The lowest BCUT2D eigenvalue weighted by Gasteiger charge is -2.21. The first-order valence-corrected chi connectivity index (χ1v) is 11.7. The van der Waals surface area contributed by atoms with Crippen molar-refractivity contribution in [3.63, 3.8) is 0 Å². The molecule has 31 heavy (non-hydrogen) atoms. The maximum atomic E-state index is 14.4. The Labute approximate surface area is 181 Å². The molecule has 0 radical (unpaired) electrons. The van der Waals surface area contributed by atoms with Gasteiger partial charge in [-0.15, -0.1) is 0 Å². The summed E-state index contributed by atoms with van der Waals surface area (Å²) in [5, 5.41) is 2.90. The van der Waals surface area contributed by atoms with Gasteiger partial charge < -0.3 is 10.3 Å². The van der Waals surface area contributed by atoms with Crippen LogP contribution in [0.2, 0.25) is 0 Å². The van der Waals surface area contributed by atoms with E-state index in [0.29, 0.717) is 5.82 Å². The molecule has 166 valence electrons. The van der Waals surface area contributed by atoms with Crippen molar-refractivity contribution in [1.82, 2.24) is 19.6 Å². The second kappa shape index (κ2) is 9.15. The molecule has 3 aromatic rings. The quantitative estimate of drug-likeness (QED) is 0.549. The molecule has 2 N–H and O–H groups in total. The molecule has 0 aliphatic carbocycles. The van der Waals surface area contributed by atoms with Gasteiger partial charge in [0.15, 0.2) is 0 Å². The van der Waals surface area contributed by atoms with E-state index in [9.17, 15) is 17.6 Å². The summed E-state index contributed by atoms with van der Waals surface area (Å²) in [6.07, 6.45) is 0. The summed E-state index contributed by atoms with van der Waals surface area (Å²) < 4.78 is 41.1. The number of carbonyl (C=O) groups excluding carboxylic acids is 1. The lowest BCUT2D eigenvalue weighted by molar-refractivity contribution is 0.0923. The van der Waals surface area contributed by atoms with Crippen LogP contribution in [-0.4, -0.2) is 41.7 Å². The van der Waals surface area contributed by atoms with E-state index in [1.54, 1.807) is 13.8 Å². The lowest BCUT2D eigenvalue weighted by atomic mass is 10.0. The van der Waals surface area contributed by atoms with Gasteiger partial charge in [-0.3, -0.25) is 4.79 Å². The Morgan fingerprint density at radius 3 is 2.45 bits per heavy atom. The average molecular weight is 447 g/mol. The number of fused-ring (bicyclic) bond motifs is 1. The van der Waals surface area contributed by atoms with Gasteiger partial charge in [-0.2, -0.15) is 4.31 Å². The second-order valence-electron chi connectivity index (χ2n) is 7.57.